The predicted octanol–water partition coefficient (Wildman–Crippen LogP) is 2.34. The lowest BCUT2D eigenvalue weighted by Gasteiger charge is -2.18. The first-order valence-electron chi connectivity index (χ1n) is 7.65. The Labute approximate surface area is 153 Å². The summed E-state index contributed by atoms with van der Waals surface area (Å²) in [5.74, 6) is -0.384. The summed E-state index contributed by atoms with van der Waals surface area (Å²) < 4.78 is 28.9. The van der Waals surface area contributed by atoms with E-state index in [9.17, 15) is 13.2 Å². The third-order valence-corrected chi connectivity index (χ3v) is 6.91. The Bertz CT molecular complexity index is 962. The molecule has 1 aromatic heterocycles. The average molecular weight is 432 g/mol. The van der Waals surface area contributed by atoms with Gasteiger partial charge in [-0.2, -0.15) is 9.30 Å². The van der Waals surface area contributed by atoms with Gasteiger partial charge in [-0.3, -0.25) is 4.79 Å². The van der Waals surface area contributed by atoms with Crippen molar-refractivity contribution in [1.29, 1.82) is 0 Å². The highest BCUT2D eigenvalue weighted by Crippen LogP contribution is 2.23. The molecule has 9 heteroatoms. The van der Waals surface area contributed by atoms with Gasteiger partial charge in [0.25, 0.3) is 5.91 Å². The number of carbonyl (C=O) groups is 1. The molecule has 0 spiro atoms. The molecule has 1 unspecified atom stereocenters. The van der Waals surface area contributed by atoms with Gasteiger partial charge < -0.3 is 4.57 Å². The van der Waals surface area contributed by atoms with E-state index in [1.807, 2.05) is 29.7 Å². The molecule has 0 radical (unpaired) electrons. The normalized spacial score (nSPS) is 20.1. The van der Waals surface area contributed by atoms with Gasteiger partial charge in [0.15, 0.2) is 4.80 Å². The third-order valence-electron chi connectivity index (χ3n) is 4.08. The Morgan fingerprint density at radius 1 is 1.46 bits per heavy atom. The fraction of sp³-hybridized carbons (Fsp3) is 0.467. The first kappa shape index (κ1) is 17.8. The molecule has 6 nitrogen and oxygen atoms in total. The lowest BCUT2D eigenvalue weighted by atomic mass is 10.2. The number of aryl methyl sites for hydroxylation is 1. The van der Waals surface area contributed by atoms with Crippen molar-refractivity contribution >= 4 is 53.4 Å². The van der Waals surface area contributed by atoms with Gasteiger partial charge >= 0.3 is 0 Å². The van der Waals surface area contributed by atoms with E-state index in [1.54, 1.807) is 0 Å². The molecule has 1 amide bonds. The van der Waals surface area contributed by atoms with Gasteiger partial charge in [0, 0.05) is 17.6 Å². The highest BCUT2D eigenvalue weighted by atomic mass is 79.9. The van der Waals surface area contributed by atoms with Gasteiger partial charge in [-0.05, 0) is 38.0 Å². The molecular weight excluding hydrogens is 414 g/mol. The fourth-order valence-electron chi connectivity index (χ4n) is 2.99. The summed E-state index contributed by atoms with van der Waals surface area (Å²) in [5.41, 5.74) is 1.02. The number of aromatic nitrogens is 1. The monoisotopic (exact) mass is 431 g/mol. The summed E-state index contributed by atoms with van der Waals surface area (Å²) in [6.45, 7) is 3.07. The summed E-state index contributed by atoms with van der Waals surface area (Å²) in [6.07, 6.45) is 2.35. The van der Waals surface area contributed by atoms with E-state index in [0.29, 0.717) is 30.7 Å². The number of halogens is 1. The quantitative estimate of drug-likeness (QED) is 0.748. The SMILES string of the molecule is CCn1c(=NC(=O)C2CCCN2S(C)(=O)=O)sc2cc(Br)ccc21. The van der Waals surface area contributed by atoms with Gasteiger partial charge in [-0.25, -0.2) is 8.42 Å². The molecule has 0 N–H and O–H groups in total. The molecule has 0 aliphatic carbocycles. The van der Waals surface area contributed by atoms with Crippen LogP contribution < -0.4 is 4.80 Å². The van der Waals surface area contributed by atoms with Crippen molar-refractivity contribution in [2.24, 2.45) is 4.99 Å². The fourth-order valence-corrected chi connectivity index (χ4v) is 5.76. The minimum Gasteiger partial charge on any atom is -0.317 e. The number of nitrogens with zero attached hydrogens (tertiary/aromatic N) is 3. The number of benzene rings is 1. The molecule has 1 saturated heterocycles. The van der Waals surface area contributed by atoms with E-state index >= 15 is 0 Å². The second-order valence-electron chi connectivity index (χ2n) is 5.72. The van der Waals surface area contributed by atoms with Crippen molar-refractivity contribution < 1.29 is 13.2 Å². The number of rotatable bonds is 3. The van der Waals surface area contributed by atoms with Crippen LogP contribution in [0.4, 0.5) is 0 Å². The van der Waals surface area contributed by atoms with Crippen molar-refractivity contribution in [2.75, 3.05) is 12.8 Å². The van der Waals surface area contributed by atoms with E-state index in [0.717, 1.165) is 20.9 Å². The number of fused-ring (bicyclic) bond motifs is 1. The minimum atomic E-state index is -3.39. The Hall–Kier alpha value is -1.03. The van der Waals surface area contributed by atoms with Crippen LogP contribution in [0, 0.1) is 0 Å². The summed E-state index contributed by atoms with van der Waals surface area (Å²) in [7, 11) is -3.39. The van der Waals surface area contributed by atoms with Crippen LogP contribution in [0.1, 0.15) is 19.8 Å². The van der Waals surface area contributed by atoms with E-state index in [-0.39, 0.29) is 5.91 Å². The standard InChI is InChI=1S/C15H18BrN3O3S2/c1-3-18-11-7-6-10(16)9-13(11)23-15(18)17-14(20)12-5-4-8-19(12)24(2,21)22/h6-7,9,12H,3-5,8H2,1-2H3. The molecule has 130 valence electrons. The van der Waals surface area contributed by atoms with Crippen LogP contribution in [0.3, 0.4) is 0 Å². The van der Waals surface area contributed by atoms with Crippen molar-refractivity contribution in [3.8, 4) is 0 Å². The van der Waals surface area contributed by atoms with Gasteiger partial charge in [0.1, 0.15) is 6.04 Å². The molecule has 0 saturated carbocycles. The van der Waals surface area contributed by atoms with Crippen LogP contribution in [-0.4, -0.2) is 42.0 Å². The molecule has 1 aliphatic rings. The maximum atomic E-state index is 12.6. The molecule has 0 bridgehead atoms. The molecule has 2 aromatic rings. The Morgan fingerprint density at radius 3 is 2.88 bits per heavy atom. The molecule has 3 rings (SSSR count). The summed E-state index contributed by atoms with van der Waals surface area (Å²) in [4.78, 5) is 17.5. The topological polar surface area (TPSA) is 71.7 Å². The number of carbonyl (C=O) groups excluding carboxylic acids is 1. The van der Waals surface area contributed by atoms with E-state index in [4.69, 9.17) is 0 Å². The molecule has 24 heavy (non-hydrogen) atoms. The maximum Gasteiger partial charge on any atom is 0.266 e. The minimum absolute atomic E-state index is 0.384. The number of hydrogen-bond donors (Lipinski definition) is 0. The predicted molar refractivity (Wildman–Crippen MR) is 98.3 cm³/mol. The largest absolute Gasteiger partial charge is 0.317 e. The van der Waals surface area contributed by atoms with Crippen LogP contribution in [0.5, 0.6) is 0 Å². The summed E-state index contributed by atoms with van der Waals surface area (Å²) >= 11 is 4.89. The van der Waals surface area contributed by atoms with Crippen LogP contribution in [0.15, 0.2) is 27.7 Å². The van der Waals surface area contributed by atoms with Crippen LogP contribution in [-0.2, 0) is 21.4 Å². The molecule has 1 aliphatic heterocycles. The van der Waals surface area contributed by atoms with Crippen molar-refractivity contribution in [3.63, 3.8) is 0 Å². The number of sulfonamides is 1. The molecule has 1 atom stereocenters. The third kappa shape index (κ3) is 3.35. The molecule has 2 heterocycles. The van der Waals surface area contributed by atoms with E-state index < -0.39 is 16.1 Å². The zero-order chi connectivity index (χ0) is 17.5. The van der Waals surface area contributed by atoms with Gasteiger partial charge in [-0.1, -0.05) is 27.3 Å². The van der Waals surface area contributed by atoms with Crippen LogP contribution >= 0.6 is 27.3 Å². The summed E-state index contributed by atoms with van der Waals surface area (Å²) in [5, 5.41) is 0. The second kappa shape index (κ2) is 6.70. The molecular formula is C15H18BrN3O3S2. The zero-order valence-electron chi connectivity index (χ0n) is 13.4. The summed E-state index contributed by atoms with van der Waals surface area (Å²) in [6, 6.07) is 5.26. The highest BCUT2D eigenvalue weighted by molar-refractivity contribution is 9.10. The number of hydrogen-bond acceptors (Lipinski definition) is 4. The molecule has 1 fully saturated rings. The van der Waals surface area contributed by atoms with Gasteiger partial charge in [-0.15, -0.1) is 0 Å². The van der Waals surface area contributed by atoms with Crippen LogP contribution in [0.25, 0.3) is 10.2 Å². The number of amides is 1. The van der Waals surface area contributed by atoms with Crippen LogP contribution in [0.2, 0.25) is 0 Å². The second-order valence-corrected chi connectivity index (χ2v) is 9.58. The van der Waals surface area contributed by atoms with Crippen molar-refractivity contribution in [1.82, 2.24) is 8.87 Å². The van der Waals surface area contributed by atoms with Gasteiger partial charge in [0.05, 0.1) is 16.5 Å². The Balaban J connectivity index is 2.05. The lowest BCUT2D eigenvalue weighted by molar-refractivity contribution is -0.121. The smallest absolute Gasteiger partial charge is 0.266 e. The highest BCUT2D eigenvalue weighted by Gasteiger charge is 2.36. The molecule has 1 aromatic carbocycles. The zero-order valence-corrected chi connectivity index (χ0v) is 16.6. The first-order valence-corrected chi connectivity index (χ1v) is 11.1. The Morgan fingerprint density at radius 2 is 2.21 bits per heavy atom. The van der Waals surface area contributed by atoms with Gasteiger partial charge in [0.2, 0.25) is 10.0 Å². The first-order chi connectivity index (χ1) is 11.3. The van der Waals surface area contributed by atoms with Crippen molar-refractivity contribution in [2.45, 2.75) is 32.4 Å². The Kier molecular flexibility index (Phi) is 4.96. The van der Waals surface area contributed by atoms with E-state index in [2.05, 4.69) is 20.9 Å². The lowest BCUT2D eigenvalue weighted by Crippen LogP contribution is -2.39. The van der Waals surface area contributed by atoms with Crippen molar-refractivity contribution in [3.05, 3.63) is 27.5 Å². The average Bonchev–Trinajstić information content (AvgIpc) is 3.10. The van der Waals surface area contributed by atoms with E-state index in [1.165, 1.54) is 15.6 Å². The number of thiazole rings is 1. The maximum absolute atomic E-state index is 12.6.